The number of aromatic nitrogens is 4. The topological polar surface area (TPSA) is 52.7 Å². The van der Waals surface area contributed by atoms with Gasteiger partial charge in [-0.3, -0.25) is 9.36 Å². The summed E-state index contributed by atoms with van der Waals surface area (Å²) in [7, 11) is 1.87. The molecule has 0 saturated carbocycles. The van der Waals surface area contributed by atoms with E-state index in [1.165, 1.54) is 17.3 Å². The fourth-order valence-electron chi connectivity index (χ4n) is 2.75. The van der Waals surface area contributed by atoms with Crippen molar-refractivity contribution in [3.05, 3.63) is 46.2 Å². The molecule has 1 aromatic carbocycles. The number of thioether (sulfide) groups is 2. The molecule has 1 unspecified atom stereocenters. The van der Waals surface area contributed by atoms with Gasteiger partial charge in [0.2, 0.25) is 0 Å². The third kappa shape index (κ3) is 1.99. The van der Waals surface area contributed by atoms with Gasteiger partial charge in [0.05, 0.1) is 5.25 Å². The van der Waals surface area contributed by atoms with E-state index in [2.05, 4.69) is 22.1 Å². The van der Waals surface area contributed by atoms with Crippen LogP contribution in [0.1, 0.15) is 10.8 Å². The van der Waals surface area contributed by atoms with Crippen molar-refractivity contribution in [3.8, 4) is 0 Å². The molecule has 0 spiro atoms. The molecule has 0 bridgehead atoms. The zero-order valence-corrected chi connectivity index (χ0v) is 13.8. The minimum atomic E-state index is 0.00114. The molecule has 4 rings (SSSR count). The Morgan fingerprint density at radius 3 is 2.77 bits per heavy atom. The van der Waals surface area contributed by atoms with Gasteiger partial charge in [-0.1, -0.05) is 53.9 Å². The highest BCUT2D eigenvalue weighted by molar-refractivity contribution is 7.99. The first-order chi connectivity index (χ1) is 10.7. The van der Waals surface area contributed by atoms with E-state index >= 15 is 0 Å². The number of rotatable bonds is 2. The van der Waals surface area contributed by atoms with Crippen LogP contribution >= 0.6 is 23.5 Å². The predicted molar refractivity (Wildman–Crippen MR) is 89.6 cm³/mol. The van der Waals surface area contributed by atoms with Gasteiger partial charge >= 0.3 is 0 Å². The molecule has 7 heteroatoms. The van der Waals surface area contributed by atoms with E-state index in [0.29, 0.717) is 17.7 Å². The highest BCUT2D eigenvalue weighted by Gasteiger charge is 2.28. The van der Waals surface area contributed by atoms with Gasteiger partial charge in [-0.05, 0) is 11.8 Å². The number of hydrogen-bond donors (Lipinski definition) is 0. The van der Waals surface area contributed by atoms with Crippen molar-refractivity contribution in [2.75, 3.05) is 6.26 Å². The smallest absolute Gasteiger partial charge is 0.280 e. The fourth-order valence-corrected chi connectivity index (χ4v) is 4.49. The molecule has 1 aliphatic heterocycles. The van der Waals surface area contributed by atoms with E-state index in [1.54, 1.807) is 16.3 Å². The van der Waals surface area contributed by atoms with Gasteiger partial charge in [0.15, 0.2) is 21.5 Å². The van der Waals surface area contributed by atoms with Crippen LogP contribution in [0.4, 0.5) is 0 Å². The first kappa shape index (κ1) is 13.9. The second-order valence-corrected chi connectivity index (χ2v) is 7.10. The minimum Gasteiger partial charge on any atom is -0.316 e. The van der Waals surface area contributed by atoms with Gasteiger partial charge in [0.1, 0.15) is 0 Å². The Bertz CT molecular complexity index is 917. The van der Waals surface area contributed by atoms with Crippen LogP contribution in [0, 0.1) is 0 Å². The van der Waals surface area contributed by atoms with Gasteiger partial charge in [-0.25, -0.2) is 9.97 Å². The van der Waals surface area contributed by atoms with Crippen LogP contribution in [0.15, 0.2) is 45.4 Å². The summed E-state index contributed by atoms with van der Waals surface area (Å²) in [6.07, 6.45) is 1.95. The summed E-state index contributed by atoms with van der Waals surface area (Å²) in [4.78, 5) is 21.8. The zero-order valence-electron chi connectivity index (χ0n) is 12.2. The predicted octanol–water partition coefficient (Wildman–Crippen LogP) is 2.70. The van der Waals surface area contributed by atoms with Crippen molar-refractivity contribution >= 4 is 34.7 Å². The summed E-state index contributed by atoms with van der Waals surface area (Å²) in [5.41, 5.74) is 2.35. The Morgan fingerprint density at radius 1 is 1.27 bits per heavy atom. The van der Waals surface area contributed by atoms with E-state index in [9.17, 15) is 4.79 Å². The summed E-state index contributed by atoms with van der Waals surface area (Å²) >= 11 is 3.16. The van der Waals surface area contributed by atoms with Gasteiger partial charge in [-0.2, -0.15) is 0 Å². The Balaban J connectivity index is 1.84. The van der Waals surface area contributed by atoms with Crippen LogP contribution in [0.2, 0.25) is 0 Å². The van der Waals surface area contributed by atoms with Crippen LogP contribution < -0.4 is 5.56 Å². The average molecular weight is 330 g/mol. The van der Waals surface area contributed by atoms with E-state index in [-0.39, 0.29) is 10.8 Å². The lowest BCUT2D eigenvalue weighted by atomic mass is 10.1. The first-order valence-corrected chi connectivity index (χ1v) is 9.02. The number of hydrogen-bond acceptors (Lipinski definition) is 5. The van der Waals surface area contributed by atoms with Crippen LogP contribution in [0.5, 0.6) is 0 Å². The molecule has 2 aromatic heterocycles. The maximum atomic E-state index is 12.8. The van der Waals surface area contributed by atoms with Crippen molar-refractivity contribution < 1.29 is 0 Å². The van der Waals surface area contributed by atoms with E-state index in [0.717, 1.165) is 10.3 Å². The lowest BCUT2D eigenvalue weighted by Gasteiger charge is -2.06. The van der Waals surface area contributed by atoms with Crippen molar-refractivity contribution in [1.29, 1.82) is 0 Å². The molecule has 22 heavy (non-hydrogen) atoms. The van der Waals surface area contributed by atoms with Gasteiger partial charge in [-0.15, -0.1) is 0 Å². The van der Waals surface area contributed by atoms with Gasteiger partial charge < -0.3 is 4.57 Å². The summed E-state index contributed by atoms with van der Waals surface area (Å²) in [5.74, 6) is 0. The van der Waals surface area contributed by atoms with Crippen LogP contribution in [0.3, 0.4) is 0 Å². The second kappa shape index (κ2) is 5.17. The number of imidazole rings is 1. The normalized spacial score (nSPS) is 17.1. The maximum Gasteiger partial charge on any atom is 0.280 e. The first-order valence-electron chi connectivity index (χ1n) is 6.92. The summed E-state index contributed by atoms with van der Waals surface area (Å²) < 4.78 is 3.61. The quantitative estimate of drug-likeness (QED) is 0.534. The third-order valence-corrected chi connectivity index (χ3v) is 5.82. The van der Waals surface area contributed by atoms with Crippen LogP contribution in [-0.2, 0) is 13.6 Å². The third-order valence-electron chi connectivity index (χ3n) is 3.87. The Morgan fingerprint density at radius 2 is 2.05 bits per heavy atom. The minimum absolute atomic E-state index is 0.00114. The fraction of sp³-hybridized carbons (Fsp3) is 0.267. The molecule has 0 N–H and O–H groups in total. The number of fused-ring (bicyclic) bond motifs is 2. The molecule has 0 radical (unpaired) electrons. The van der Waals surface area contributed by atoms with Gasteiger partial charge in [0, 0.05) is 13.6 Å². The molecule has 1 atom stereocenters. The molecule has 3 aromatic rings. The standard InChI is InChI=1S/C15H14N4OS2/c1-18-11-12(16-14(18)21-2)17-15-19(13(11)20)8-10(22-15)9-6-4-3-5-7-9/h3-7,10H,8H2,1-2H3. The van der Waals surface area contributed by atoms with Crippen LogP contribution in [-0.4, -0.2) is 25.4 Å². The summed E-state index contributed by atoms with van der Waals surface area (Å²) in [6, 6.07) is 10.2. The summed E-state index contributed by atoms with van der Waals surface area (Å²) in [5, 5.41) is 1.81. The lowest BCUT2D eigenvalue weighted by molar-refractivity contribution is 0.620. The van der Waals surface area contributed by atoms with Crippen molar-refractivity contribution in [1.82, 2.24) is 19.1 Å². The molecule has 0 amide bonds. The number of nitrogens with zero attached hydrogens (tertiary/aromatic N) is 4. The zero-order chi connectivity index (χ0) is 15.3. The highest BCUT2D eigenvalue weighted by Crippen LogP contribution is 2.41. The van der Waals surface area contributed by atoms with E-state index in [4.69, 9.17) is 0 Å². The Hall–Kier alpha value is -1.73. The average Bonchev–Trinajstić information content (AvgIpc) is 3.10. The molecule has 1 aliphatic rings. The molecule has 5 nitrogen and oxygen atoms in total. The Kier molecular flexibility index (Phi) is 3.27. The second-order valence-electron chi connectivity index (χ2n) is 5.16. The number of benzene rings is 1. The molecule has 3 heterocycles. The molecule has 0 saturated heterocycles. The van der Waals surface area contributed by atoms with Gasteiger partial charge in [0.25, 0.3) is 5.56 Å². The van der Waals surface area contributed by atoms with Crippen LogP contribution in [0.25, 0.3) is 11.2 Å². The van der Waals surface area contributed by atoms with E-state index < -0.39 is 0 Å². The molecule has 0 aliphatic carbocycles. The monoisotopic (exact) mass is 330 g/mol. The van der Waals surface area contributed by atoms with Crippen molar-refractivity contribution in [2.24, 2.45) is 7.05 Å². The maximum absolute atomic E-state index is 12.8. The van der Waals surface area contributed by atoms with Crippen molar-refractivity contribution in [2.45, 2.75) is 22.1 Å². The summed E-state index contributed by atoms with van der Waals surface area (Å²) in [6.45, 7) is 0.658. The van der Waals surface area contributed by atoms with Crippen molar-refractivity contribution in [3.63, 3.8) is 0 Å². The highest BCUT2D eigenvalue weighted by atomic mass is 32.2. The van der Waals surface area contributed by atoms with E-state index in [1.807, 2.05) is 36.1 Å². The molecule has 0 fully saturated rings. The molecular formula is C15H14N4OS2. The largest absolute Gasteiger partial charge is 0.316 e. The Labute approximate surface area is 135 Å². The molecular weight excluding hydrogens is 316 g/mol. The number of aryl methyl sites for hydroxylation is 1. The lowest BCUT2D eigenvalue weighted by Crippen LogP contribution is -2.22. The SMILES string of the molecule is CSc1nc2nc3n(c(=O)c2n1C)CC(c1ccccc1)S3. The molecule has 112 valence electrons.